The van der Waals surface area contributed by atoms with Crippen molar-refractivity contribution in [3.05, 3.63) is 35.0 Å². The number of amides is 2. The Morgan fingerprint density at radius 1 is 1.22 bits per heavy atom. The fourth-order valence-corrected chi connectivity index (χ4v) is 2.79. The van der Waals surface area contributed by atoms with Gasteiger partial charge >= 0.3 is 5.97 Å². The molecule has 0 radical (unpaired) electrons. The van der Waals surface area contributed by atoms with Crippen molar-refractivity contribution < 1.29 is 23.5 Å². The summed E-state index contributed by atoms with van der Waals surface area (Å²) in [6.45, 7) is 1.54. The largest absolute Gasteiger partial charge is 0.451 e. The Bertz CT molecular complexity index is 744. The Kier molecular flexibility index (Phi) is 5.64. The van der Waals surface area contributed by atoms with Crippen molar-refractivity contribution in [2.45, 2.75) is 6.92 Å². The number of hydrogen-bond donors (Lipinski definition) is 2. The average molecular weight is 338 g/mol. The lowest BCUT2D eigenvalue weighted by atomic mass is 10.2. The van der Waals surface area contributed by atoms with Gasteiger partial charge in [-0.3, -0.25) is 9.59 Å². The molecule has 0 aliphatic heterocycles. The number of carbonyl (C=O) groups is 3. The molecular weight excluding hydrogens is 323 g/mol. The van der Waals surface area contributed by atoms with E-state index in [1.165, 1.54) is 12.1 Å². The van der Waals surface area contributed by atoms with Crippen molar-refractivity contribution in [3.8, 4) is 0 Å². The number of fused-ring (bicyclic) bond motifs is 1. The first-order valence-corrected chi connectivity index (χ1v) is 7.71. The Morgan fingerprint density at radius 3 is 2.70 bits per heavy atom. The molecule has 0 saturated carbocycles. The van der Waals surface area contributed by atoms with Gasteiger partial charge in [-0.15, -0.1) is 11.3 Å². The third-order valence-electron chi connectivity index (χ3n) is 2.86. The van der Waals surface area contributed by atoms with Crippen LogP contribution in [0.2, 0.25) is 0 Å². The lowest BCUT2D eigenvalue weighted by molar-refractivity contribution is -0.127. The van der Waals surface area contributed by atoms with Crippen molar-refractivity contribution in [2.75, 3.05) is 19.7 Å². The molecular formula is C15H15FN2O4S. The number of thiophene rings is 1. The van der Waals surface area contributed by atoms with Gasteiger partial charge in [-0.2, -0.15) is 0 Å². The van der Waals surface area contributed by atoms with Crippen molar-refractivity contribution in [1.29, 1.82) is 0 Å². The molecule has 0 fully saturated rings. The van der Waals surface area contributed by atoms with Crippen LogP contribution in [0.5, 0.6) is 0 Å². The normalized spacial score (nSPS) is 10.3. The van der Waals surface area contributed by atoms with Gasteiger partial charge in [-0.25, -0.2) is 9.18 Å². The SMILES string of the molecule is CCNC(=O)CNC(=O)COC(=O)c1cc2c(F)cccc2s1. The molecule has 6 nitrogen and oxygen atoms in total. The lowest BCUT2D eigenvalue weighted by Crippen LogP contribution is -2.38. The summed E-state index contributed by atoms with van der Waals surface area (Å²) in [4.78, 5) is 34.7. The van der Waals surface area contributed by atoms with Gasteiger partial charge in [-0.1, -0.05) is 6.07 Å². The van der Waals surface area contributed by atoms with E-state index in [4.69, 9.17) is 4.74 Å². The van der Waals surface area contributed by atoms with Crippen LogP contribution in [0.25, 0.3) is 10.1 Å². The molecule has 23 heavy (non-hydrogen) atoms. The van der Waals surface area contributed by atoms with Crippen LogP contribution in [0.3, 0.4) is 0 Å². The maximum Gasteiger partial charge on any atom is 0.348 e. The summed E-state index contributed by atoms with van der Waals surface area (Å²) >= 11 is 1.09. The Morgan fingerprint density at radius 2 is 2.00 bits per heavy atom. The molecule has 0 saturated heterocycles. The van der Waals surface area contributed by atoms with Gasteiger partial charge in [-0.05, 0) is 25.1 Å². The van der Waals surface area contributed by atoms with E-state index >= 15 is 0 Å². The third kappa shape index (κ3) is 4.49. The fourth-order valence-electron chi connectivity index (χ4n) is 1.82. The topological polar surface area (TPSA) is 84.5 Å². The molecule has 1 aromatic carbocycles. The van der Waals surface area contributed by atoms with Crippen molar-refractivity contribution >= 4 is 39.2 Å². The standard InChI is InChI=1S/C15H15FN2O4S/c1-2-17-13(19)7-18-14(20)8-22-15(21)12-6-9-10(16)4-3-5-11(9)23-12/h3-6H,2,7-8H2,1H3,(H,17,19)(H,18,20). The number of hydrogen-bond acceptors (Lipinski definition) is 5. The quantitative estimate of drug-likeness (QED) is 0.781. The number of benzene rings is 1. The van der Waals surface area contributed by atoms with Gasteiger partial charge in [0.1, 0.15) is 10.7 Å². The number of halogens is 1. The predicted octanol–water partition coefficient (Wildman–Crippen LogP) is 1.45. The Hall–Kier alpha value is -2.48. The Labute approximate surface area is 135 Å². The van der Waals surface area contributed by atoms with Crippen LogP contribution in [0.1, 0.15) is 16.6 Å². The van der Waals surface area contributed by atoms with E-state index in [9.17, 15) is 18.8 Å². The van der Waals surface area contributed by atoms with E-state index in [2.05, 4.69) is 10.6 Å². The minimum absolute atomic E-state index is 0.182. The van der Waals surface area contributed by atoms with E-state index in [0.29, 0.717) is 16.6 Å². The van der Waals surface area contributed by atoms with E-state index < -0.39 is 24.3 Å². The maximum absolute atomic E-state index is 13.6. The average Bonchev–Trinajstić information content (AvgIpc) is 2.96. The highest BCUT2D eigenvalue weighted by molar-refractivity contribution is 7.20. The molecule has 0 bridgehead atoms. The molecule has 1 aromatic heterocycles. The minimum Gasteiger partial charge on any atom is -0.451 e. The lowest BCUT2D eigenvalue weighted by Gasteiger charge is -2.05. The smallest absolute Gasteiger partial charge is 0.348 e. The summed E-state index contributed by atoms with van der Waals surface area (Å²) in [5, 5.41) is 5.18. The maximum atomic E-state index is 13.6. The molecule has 0 unspecified atom stereocenters. The van der Waals surface area contributed by atoms with Crippen LogP contribution in [-0.2, 0) is 14.3 Å². The molecule has 2 amide bonds. The zero-order chi connectivity index (χ0) is 16.8. The number of esters is 1. The molecule has 8 heteroatoms. The third-order valence-corrected chi connectivity index (χ3v) is 3.94. The molecule has 2 rings (SSSR count). The zero-order valence-corrected chi connectivity index (χ0v) is 13.2. The molecule has 0 aliphatic rings. The van der Waals surface area contributed by atoms with E-state index in [-0.39, 0.29) is 17.3 Å². The first-order chi connectivity index (χ1) is 11.0. The summed E-state index contributed by atoms with van der Waals surface area (Å²) in [5.41, 5.74) is 0. The van der Waals surface area contributed by atoms with Crippen LogP contribution < -0.4 is 10.6 Å². The molecule has 2 N–H and O–H groups in total. The molecule has 0 aliphatic carbocycles. The van der Waals surface area contributed by atoms with Gasteiger partial charge < -0.3 is 15.4 Å². The number of nitrogens with one attached hydrogen (secondary N) is 2. The highest BCUT2D eigenvalue weighted by Gasteiger charge is 2.15. The molecule has 1 heterocycles. The van der Waals surface area contributed by atoms with Gasteiger partial charge in [0.2, 0.25) is 5.91 Å². The van der Waals surface area contributed by atoms with Crippen molar-refractivity contribution in [2.24, 2.45) is 0 Å². The minimum atomic E-state index is -0.709. The summed E-state index contributed by atoms with van der Waals surface area (Å²) in [6.07, 6.45) is 0. The monoisotopic (exact) mass is 338 g/mol. The van der Waals surface area contributed by atoms with Crippen LogP contribution in [0.15, 0.2) is 24.3 Å². The molecule has 0 spiro atoms. The number of rotatable bonds is 6. The second-order valence-electron chi connectivity index (χ2n) is 4.57. The van der Waals surface area contributed by atoms with E-state index in [0.717, 1.165) is 11.3 Å². The van der Waals surface area contributed by atoms with Gasteiger partial charge in [0.05, 0.1) is 6.54 Å². The van der Waals surface area contributed by atoms with Crippen molar-refractivity contribution in [1.82, 2.24) is 10.6 Å². The highest BCUT2D eigenvalue weighted by atomic mass is 32.1. The van der Waals surface area contributed by atoms with Crippen LogP contribution in [-0.4, -0.2) is 37.5 Å². The summed E-state index contributed by atoms with van der Waals surface area (Å²) in [6, 6.07) is 5.94. The number of likely N-dealkylation sites (N-methyl/N-ethyl adjacent to an activating group) is 1. The van der Waals surface area contributed by atoms with Crippen LogP contribution in [0.4, 0.5) is 4.39 Å². The first kappa shape index (κ1) is 16.9. The second kappa shape index (κ2) is 7.68. The second-order valence-corrected chi connectivity index (χ2v) is 5.65. The van der Waals surface area contributed by atoms with Crippen molar-refractivity contribution in [3.63, 3.8) is 0 Å². The molecule has 122 valence electrons. The summed E-state index contributed by atoms with van der Waals surface area (Å²) < 4.78 is 19.0. The molecule has 0 atom stereocenters. The van der Waals surface area contributed by atoms with Gasteiger partial charge in [0, 0.05) is 16.6 Å². The molecule has 2 aromatic rings. The van der Waals surface area contributed by atoms with Gasteiger partial charge in [0.15, 0.2) is 6.61 Å². The summed E-state index contributed by atoms with van der Waals surface area (Å²) in [5.74, 6) is -2.04. The van der Waals surface area contributed by atoms with Crippen LogP contribution in [0, 0.1) is 5.82 Å². The summed E-state index contributed by atoms with van der Waals surface area (Å²) in [7, 11) is 0. The Balaban J connectivity index is 1.87. The number of ether oxygens (including phenoxy) is 1. The fraction of sp³-hybridized carbons (Fsp3) is 0.267. The van der Waals surface area contributed by atoms with Crippen LogP contribution >= 0.6 is 11.3 Å². The van der Waals surface area contributed by atoms with E-state index in [1.54, 1.807) is 19.1 Å². The number of carbonyl (C=O) groups excluding carboxylic acids is 3. The zero-order valence-electron chi connectivity index (χ0n) is 12.3. The van der Waals surface area contributed by atoms with E-state index in [1.807, 2.05) is 0 Å². The first-order valence-electron chi connectivity index (χ1n) is 6.90. The van der Waals surface area contributed by atoms with Gasteiger partial charge in [0.25, 0.3) is 5.91 Å². The highest BCUT2D eigenvalue weighted by Crippen LogP contribution is 2.27. The predicted molar refractivity (Wildman–Crippen MR) is 83.8 cm³/mol.